The Bertz CT molecular complexity index is 1910. The summed E-state index contributed by atoms with van der Waals surface area (Å²) in [5.41, 5.74) is 3.42. The molecule has 252 valence electrons. The number of anilines is 1. The van der Waals surface area contributed by atoms with Gasteiger partial charge in [0.1, 0.15) is 17.4 Å². The molecule has 1 fully saturated rings. The van der Waals surface area contributed by atoms with Gasteiger partial charge in [-0.05, 0) is 47.4 Å². The molecular formula is C41H34F3N3O2S. The van der Waals surface area contributed by atoms with E-state index >= 15 is 0 Å². The van der Waals surface area contributed by atoms with Crippen LogP contribution in [0.15, 0.2) is 146 Å². The van der Waals surface area contributed by atoms with Gasteiger partial charge in [0, 0.05) is 29.6 Å². The molecule has 9 heteroatoms. The second-order valence-corrected chi connectivity index (χ2v) is 13.6. The van der Waals surface area contributed by atoms with Gasteiger partial charge in [-0.25, -0.2) is 18.2 Å². The van der Waals surface area contributed by atoms with E-state index in [9.17, 15) is 13.2 Å². The summed E-state index contributed by atoms with van der Waals surface area (Å²) in [6.07, 6.45) is 2.37. The van der Waals surface area contributed by atoms with E-state index in [1.165, 1.54) is 0 Å². The number of halogens is 3. The summed E-state index contributed by atoms with van der Waals surface area (Å²) in [6.45, 7) is 0.608. The molecule has 0 spiro atoms. The molecule has 0 aliphatic carbocycles. The summed E-state index contributed by atoms with van der Waals surface area (Å²) >= 11 is 1.88. The van der Waals surface area contributed by atoms with E-state index in [4.69, 9.17) is 14.5 Å². The van der Waals surface area contributed by atoms with E-state index in [0.717, 1.165) is 22.8 Å². The molecule has 5 nitrogen and oxygen atoms in total. The highest BCUT2D eigenvalue weighted by Crippen LogP contribution is 2.52. The van der Waals surface area contributed by atoms with Gasteiger partial charge in [0.15, 0.2) is 11.6 Å². The Hall–Kier alpha value is -5.12. The largest absolute Gasteiger partial charge is 0.424 e. The zero-order chi connectivity index (χ0) is 34.3. The van der Waals surface area contributed by atoms with Crippen molar-refractivity contribution in [3.63, 3.8) is 0 Å². The van der Waals surface area contributed by atoms with Gasteiger partial charge >= 0.3 is 6.01 Å². The number of thioether (sulfide) groups is 1. The van der Waals surface area contributed by atoms with Crippen molar-refractivity contribution in [2.24, 2.45) is 0 Å². The molecule has 1 aliphatic heterocycles. The number of rotatable bonds is 12. The fraction of sp³-hybridized carbons (Fsp3) is 0.171. The molecule has 1 aliphatic rings. The molecule has 0 saturated carbocycles. The summed E-state index contributed by atoms with van der Waals surface area (Å²) in [6, 6.07) is 44.2. The van der Waals surface area contributed by atoms with Crippen molar-refractivity contribution >= 4 is 17.6 Å². The summed E-state index contributed by atoms with van der Waals surface area (Å²) < 4.78 is 53.5. The van der Waals surface area contributed by atoms with E-state index in [2.05, 4.69) is 82.7 Å². The van der Waals surface area contributed by atoms with E-state index < -0.39 is 22.2 Å². The van der Waals surface area contributed by atoms with Crippen LogP contribution >= 0.6 is 11.8 Å². The predicted molar refractivity (Wildman–Crippen MR) is 191 cm³/mol. The van der Waals surface area contributed by atoms with Gasteiger partial charge in [0.25, 0.3) is 0 Å². The molecular weight excluding hydrogens is 656 g/mol. The summed E-state index contributed by atoms with van der Waals surface area (Å²) in [7, 11) is 0. The molecule has 6 aromatic rings. The first-order valence-electron chi connectivity index (χ1n) is 16.4. The minimum atomic E-state index is -1.23. The first-order valence-corrected chi connectivity index (χ1v) is 17.3. The molecule has 7 rings (SSSR count). The van der Waals surface area contributed by atoms with Crippen molar-refractivity contribution in [1.82, 2.24) is 9.97 Å². The monoisotopic (exact) mass is 689 g/mol. The molecule has 50 heavy (non-hydrogen) atoms. The maximum Gasteiger partial charge on any atom is 0.323 e. The molecule has 2 atom stereocenters. The van der Waals surface area contributed by atoms with Crippen LogP contribution in [-0.2, 0) is 16.1 Å². The highest BCUT2D eigenvalue weighted by molar-refractivity contribution is 8.01. The van der Waals surface area contributed by atoms with Crippen molar-refractivity contribution in [2.75, 3.05) is 18.1 Å². The lowest BCUT2D eigenvalue weighted by atomic mass is 9.84. The average molecular weight is 690 g/mol. The Morgan fingerprint density at radius 1 is 0.700 bits per heavy atom. The molecule has 0 bridgehead atoms. The normalized spacial score (nSPS) is 16.0. The van der Waals surface area contributed by atoms with Gasteiger partial charge in [-0.2, -0.15) is 4.98 Å². The quantitative estimate of drug-likeness (QED) is 0.0943. The third-order valence-corrected chi connectivity index (χ3v) is 10.5. The Morgan fingerprint density at radius 2 is 1.26 bits per heavy atom. The van der Waals surface area contributed by atoms with E-state index in [-0.39, 0.29) is 36.1 Å². The third kappa shape index (κ3) is 7.25. The number of aromatic nitrogens is 2. The number of para-hydroxylation sites is 1. The zero-order valence-corrected chi connectivity index (χ0v) is 27.9. The number of hydrogen-bond acceptors (Lipinski definition) is 6. The second-order valence-electron chi connectivity index (χ2n) is 12.0. The van der Waals surface area contributed by atoms with Gasteiger partial charge < -0.3 is 14.4 Å². The Balaban J connectivity index is 1.23. The second kappa shape index (κ2) is 15.2. The predicted octanol–water partition coefficient (Wildman–Crippen LogP) is 9.58. The molecule has 1 saturated heterocycles. The van der Waals surface area contributed by atoms with Gasteiger partial charge in [-0.1, -0.05) is 109 Å². The van der Waals surface area contributed by atoms with Crippen LogP contribution in [0.1, 0.15) is 28.7 Å². The topological polar surface area (TPSA) is 47.5 Å². The molecule has 2 heterocycles. The van der Waals surface area contributed by atoms with Gasteiger partial charge in [0.2, 0.25) is 0 Å². The molecule has 1 aromatic heterocycles. The van der Waals surface area contributed by atoms with E-state index in [1.807, 2.05) is 66.4 Å². The van der Waals surface area contributed by atoms with Crippen LogP contribution in [0.4, 0.5) is 19.0 Å². The Labute approximate surface area is 293 Å². The van der Waals surface area contributed by atoms with Crippen molar-refractivity contribution in [3.8, 4) is 11.8 Å². The standard InChI is InChI=1S/C41H34F3N3O2S/c42-36-25-38(44)37(43)23-29(36)27-48-28-33-24-35(26-47(33)39-21-22-45-40(46-39)49-34-19-11-4-12-20-34)50-41(30-13-5-1-6-14-30,31-15-7-2-8-16-31)32-17-9-3-10-18-32/h1-23,25,33,35H,24,26-28H2/t33-,35+/m0/s1. The third-order valence-electron chi connectivity index (χ3n) is 8.78. The van der Waals surface area contributed by atoms with Crippen LogP contribution in [0, 0.1) is 17.5 Å². The first kappa shape index (κ1) is 33.4. The lowest BCUT2D eigenvalue weighted by Crippen LogP contribution is -2.34. The SMILES string of the molecule is Fc1cc(F)c(COC[C@@H]2C[C@@H](SC(c3ccccc3)(c3ccccc3)c3ccccc3)CN2c2ccnc(Oc3ccccc3)n2)cc1F. The lowest BCUT2D eigenvalue weighted by molar-refractivity contribution is 0.106. The van der Waals surface area contributed by atoms with E-state index in [0.29, 0.717) is 30.6 Å². The smallest absolute Gasteiger partial charge is 0.323 e. The number of ether oxygens (including phenoxy) is 2. The van der Waals surface area contributed by atoms with Crippen molar-refractivity contribution in [1.29, 1.82) is 0 Å². The molecule has 5 aromatic carbocycles. The van der Waals surface area contributed by atoms with Crippen LogP contribution in [0.3, 0.4) is 0 Å². The van der Waals surface area contributed by atoms with Gasteiger partial charge in [0.05, 0.1) is 24.0 Å². The Morgan fingerprint density at radius 3 is 1.86 bits per heavy atom. The minimum absolute atomic E-state index is 0.0452. The highest BCUT2D eigenvalue weighted by Gasteiger charge is 2.43. The highest BCUT2D eigenvalue weighted by atomic mass is 32.2. The molecule has 0 radical (unpaired) electrons. The fourth-order valence-electron chi connectivity index (χ4n) is 6.48. The summed E-state index contributed by atoms with van der Waals surface area (Å²) in [4.78, 5) is 11.3. The fourth-order valence-corrected chi connectivity index (χ4v) is 8.35. The van der Waals surface area contributed by atoms with Crippen LogP contribution in [0.5, 0.6) is 11.8 Å². The maximum absolute atomic E-state index is 14.5. The average Bonchev–Trinajstić information content (AvgIpc) is 3.56. The maximum atomic E-state index is 14.5. The summed E-state index contributed by atoms with van der Waals surface area (Å²) in [5.74, 6) is -1.92. The first-order chi connectivity index (χ1) is 24.5. The minimum Gasteiger partial charge on any atom is -0.424 e. The lowest BCUT2D eigenvalue weighted by Gasteiger charge is -2.37. The zero-order valence-electron chi connectivity index (χ0n) is 27.0. The van der Waals surface area contributed by atoms with Gasteiger partial charge in [-0.3, -0.25) is 0 Å². The number of benzene rings is 5. The van der Waals surface area contributed by atoms with Crippen LogP contribution in [0.2, 0.25) is 0 Å². The number of nitrogens with zero attached hydrogens (tertiary/aromatic N) is 3. The molecule has 0 unspecified atom stereocenters. The number of hydrogen-bond donors (Lipinski definition) is 0. The van der Waals surface area contributed by atoms with Crippen LogP contribution < -0.4 is 9.64 Å². The van der Waals surface area contributed by atoms with Crippen molar-refractivity contribution in [3.05, 3.63) is 185 Å². The van der Waals surface area contributed by atoms with Crippen LogP contribution in [-0.4, -0.2) is 34.4 Å². The van der Waals surface area contributed by atoms with Crippen molar-refractivity contribution < 1.29 is 22.6 Å². The molecule has 0 N–H and O–H groups in total. The Kier molecular flexibility index (Phi) is 10.1. The van der Waals surface area contributed by atoms with Crippen LogP contribution in [0.25, 0.3) is 0 Å². The van der Waals surface area contributed by atoms with E-state index in [1.54, 1.807) is 6.20 Å². The molecule has 0 amide bonds. The summed E-state index contributed by atoms with van der Waals surface area (Å²) in [5, 5.41) is 0.0812. The van der Waals surface area contributed by atoms with Gasteiger partial charge in [-0.15, -0.1) is 11.8 Å². The van der Waals surface area contributed by atoms with Crippen molar-refractivity contribution in [2.45, 2.75) is 29.1 Å².